The zero-order valence-corrected chi connectivity index (χ0v) is 18.6. The minimum absolute atomic E-state index is 0.0395. The first-order valence-electron chi connectivity index (χ1n) is 10.2. The van der Waals surface area contributed by atoms with E-state index in [2.05, 4.69) is 29.4 Å². The summed E-state index contributed by atoms with van der Waals surface area (Å²) < 4.78 is 9.42. The maximum Gasteiger partial charge on any atom is 0.272 e. The van der Waals surface area contributed by atoms with E-state index in [0.717, 1.165) is 16.8 Å². The number of carbonyl (C=O) groups is 1. The number of rotatable bonds is 8. The SMILES string of the molecule is COc1ccc(CNC(=O)CCc2nnc3n(CC(C)C)c(=O)c4sccc4n23)cc1. The molecular weight excluding hydrogens is 414 g/mol. The summed E-state index contributed by atoms with van der Waals surface area (Å²) in [5, 5.41) is 13.4. The first-order valence-corrected chi connectivity index (χ1v) is 11.1. The van der Waals surface area contributed by atoms with Gasteiger partial charge in [0.05, 0.1) is 12.6 Å². The van der Waals surface area contributed by atoms with Crippen molar-refractivity contribution in [1.29, 1.82) is 0 Å². The van der Waals surface area contributed by atoms with Gasteiger partial charge in [0.15, 0.2) is 0 Å². The van der Waals surface area contributed by atoms with Crippen LogP contribution in [0.1, 0.15) is 31.7 Å². The molecule has 0 atom stereocenters. The Morgan fingerprint density at radius 3 is 2.68 bits per heavy atom. The highest BCUT2D eigenvalue weighted by Gasteiger charge is 2.18. The van der Waals surface area contributed by atoms with Crippen molar-refractivity contribution in [3.63, 3.8) is 0 Å². The van der Waals surface area contributed by atoms with Crippen LogP contribution < -0.4 is 15.6 Å². The van der Waals surface area contributed by atoms with Gasteiger partial charge in [0.1, 0.15) is 16.3 Å². The number of fused-ring (bicyclic) bond motifs is 3. The molecule has 3 heterocycles. The Morgan fingerprint density at radius 1 is 1.19 bits per heavy atom. The number of hydrogen-bond acceptors (Lipinski definition) is 6. The molecule has 0 aliphatic heterocycles. The Kier molecular flexibility index (Phi) is 6.03. The number of aromatic nitrogens is 4. The zero-order valence-electron chi connectivity index (χ0n) is 17.8. The van der Waals surface area contributed by atoms with Crippen LogP contribution in [0.15, 0.2) is 40.5 Å². The van der Waals surface area contributed by atoms with Crippen LogP contribution in [0.5, 0.6) is 5.75 Å². The van der Waals surface area contributed by atoms with Crippen LogP contribution in [0.4, 0.5) is 0 Å². The molecule has 0 saturated carbocycles. The van der Waals surface area contributed by atoms with Crippen LogP contribution in [0.2, 0.25) is 0 Å². The van der Waals surface area contributed by atoms with Crippen molar-refractivity contribution in [1.82, 2.24) is 24.5 Å². The van der Waals surface area contributed by atoms with Gasteiger partial charge in [-0.3, -0.25) is 18.6 Å². The van der Waals surface area contributed by atoms with Gasteiger partial charge in [0, 0.05) is 25.9 Å². The number of benzene rings is 1. The largest absolute Gasteiger partial charge is 0.497 e. The molecular formula is C22H25N5O3S. The van der Waals surface area contributed by atoms with Gasteiger partial charge >= 0.3 is 0 Å². The first-order chi connectivity index (χ1) is 15.0. The first kappa shape index (κ1) is 21.0. The highest BCUT2D eigenvalue weighted by Crippen LogP contribution is 2.21. The highest BCUT2D eigenvalue weighted by atomic mass is 32.1. The van der Waals surface area contributed by atoms with Crippen LogP contribution in [0.3, 0.4) is 0 Å². The van der Waals surface area contributed by atoms with Crippen molar-refractivity contribution in [2.75, 3.05) is 7.11 Å². The third-order valence-electron chi connectivity index (χ3n) is 5.05. The lowest BCUT2D eigenvalue weighted by Crippen LogP contribution is -2.25. The van der Waals surface area contributed by atoms with Crippen molar-refractivity contribution in [3.8, 4) is 5.75 Å². The van der Waals surface area contributed by atoms with E-state index in [0.29, 0.717) is 41.7 Å². The number of nitrogens with one attached hydrogen (secondary N) is 1. The zero-order chi connectivity index (χ0) is 22.0. The number of methoxy groups -OCH3 is 1. The maximum atomic E-state index is 12.9. The molecule has 0 fully saturated rings. The third kappa shape index (κ3) is 4.32. The lowest BCUT2D eigenvalue weighted by molar-refractivity contribution is -0.121. The molecule has 0 bridgehead atoms. The number of thiophene rings is 1. The average Bonchev–Trinajstić information content (AvgIpc) is 3.41. The minimum atomic E-state index is -0.0652. The molecule has 4 aromatic rings. The standard InChI is InChI=1S/C22H25N5O3S/c1-14(2)13-26-21(29)20-17(10-11-31-20)27-18(24-25-22(26)27)8-9-19(28)23-12-15-4-6-16(30-3)7-5-15/h4-7,10-11,14H,8-9,12-13H2,1-3H3,(H,23,28). The number of nitrogens with zero attached hydrogens (tertiary/aromatic N) is 4. The normalized spacial score (nSPS) is 11.5. The number of amides is 1. The van der Waals surface area contributed by atoms with E-state index in [1.54, 1.807) is 11.7 Å². The lowest BCUT2D eigenvalue weighted by Gasteiger charge is -2.11. The van der Waals surface area contributed by atoms with Crippen LogP contribution in [0, 0.1) is 5.92 Å². The summed E-state index contributed by atoms with van der Waals surface area (Å²) in [7, 11) is 1.62. The summed E-state index contributed by atoms with van der Waals surface area (Å²) in [6.07, 6.45) is 0.715. The summed E-state index contributed by atoms with van der Waals surface area (Å²) >= 11 is 1.42. The Bertz CT molecular complexity index is 1270. The number of aryl methyl sites for hydroxylation is 1. The van der Waals surface area contributed by atoms with Gasteiger partial charge in [-0.1, -0.05) is 26.0 Å². The van der Waals surface area contributed by atoms with Crippen LogP contribution >= 0.6 is 11.3 Å². The molecule has 0 spiro atoms. The van der Waals surface area contributed by atoms with Gasteiger partial charge < -0.3 is 10.1 Å². The molecule has 1 N–H and O–H groups in total. The fraction of sp³-hybridized carbons (Fsp3) is 0.364. The number of ether oxygens (including phenoxy) is 1. The Balaban J connectivity index is 1.51. The van der Waals surface area contributed by atoms with E-state index in [-0.39, 0.29) is 17.9 Å². The Morgan fingerprint density at radius 2 is 1.97 bits per heavy atom. The molecule has 0 aliphatic carbocycles. The van der Waals surface area contributed by atoms with E-state index < -0.39 is 0 Å². The van der Waals surface area contributed by atoms with Gasteiger partial charge in [-0.2, -0.15) is 0 Å². The van der Waals surface area contributed by atoms with Crippen molar-refractivity contribution in [2.45, 2.75) is 39.8 Å². The molecule has 31 heavy (non-hydrogen) atoms. The Hall–Kier alpha value is -3.20. The topological polar surface area (TPSA) is 90.5 Å². The summed E-state index contributed by atoms with van der Waals surface area (Å²) in [5.74, 6) is 2.21. The van der Waals surface area contributed by atoms with Gasteiger partial charge in [-0.25, -0.2) is 0 Å². The highest BCUT2D eigenvalue weighted by molar-refractivity contribution is 7.17. The summed E-state index contributed by atoms with van der Waals surface area (Å²) in [6.45, 7) is 5.14. The fourth-order valence-corrected chi connectivity index (χ4v) is 4.35. The van der Waals surface area contributed by atoms with E-state index in [1.165, 1.54) is 11.3 Å². The third-order valence-corrected chi connectivity index (χ3v) is 5.94. The molecule has 0 unspecified atom stereocenters. The van der Waals surface area contributed by atoms with Crippen molar-refractivity contribution in [2.24, 2.45) is 5.92 Å². The second-order valence-electron chi connectivity index (χ2n) is 7.82. The van der Waals surface area contributed by atoms with E-state index >= 15 is 0 Å². The van der Waals surface area contributed by atoms with Gasteiger partial charge in [0.25, 0.3) is 5.56 Å². The number of carbonyl (C=O) groups excluding carboxylic acids is 1. The summed E-state index contributed by atoms with van der Waals surface area (Å²) in [6, 6.07) is 9.49. The second-order valence-corrected chi connectivity index (χ2v) is 8.74. The van der Waals surface area contributed by atoms with E-state index in [1.807, 2.05) is 40.1 Å². The molecule has 3 aromatic heterocycles. The lowest BCUT2D eigenvalue weighted by atomic mass is 10.2. The smallest absolute Gasteiger partial charge is 0.272 e. The second kappa shape index (κ2) is 8.89. The molecule has 8 nitrogen and oxygen atoms in total. The molecule has 1 aromatic carbocycles. The molecule has 0 saturated heterocycles. The van der Waals surface area contributed by atoms with Gasteiger partial charge in [0.2, 0.25) is 11.7 Å². The average molecular weight is 440 g/mol. The van der Waals surface area contributed by atoms with Crippen LogP contribution in [0.25, 0.3) is 16.0 Å². The van der Waals surface area contributed by atoms with Gasteiger partial charge in [-0.15, -0.1) is 21.5 Å². The van der Waals surface area contributed by atoms with E-state index in [4.69, 9.17) is 4.74 Å². The maximum absolute atomic E-state index is 12.9. The predicted octanol–water partition coefficient (Wildman–Crippen LogP) is 3.02. The predicted molar refractivity (Wildman–Crippen MR) is 121 cm³/mol. The van der Waals surface area contributed by atoms with E-state index in [9.17, 15) is 9.59 Å². The minimum Gasteiger partial charge on any atom is -0.497 e. The molecule has 9 heteroatoms. The summed E-state index contributed by atoms with van der Waals surface area (Å²) in [5.41, 5.74) is 1.76. The quantitative estimate of drug-likeness (QED) is 0.456. The van der Waals surface area contributed by atoms with Crippen molar-refractivity contribution < 1.29 is 9.53 Å². The Labute approximate surface area is 183 Å². The number of hydrogen-bond donors (Lipinski definition) is 1. The van der Waals surface area contributed by atoms with Crippen LogP contribution in [-0.4, -0.2) is 32.2 Å². The fourth-order valence-electron chi connectivity index (χ4n) is 3.53. The van der Waals surface area contributed by atoms with Crippen LogP contribution in [-0.2, 0) is 24.3 Å². The molecule has 4 rings (SSSR count). The van der Waals surface area contributed by atoms with Gasteiger partial charge in [-0.05, 0) is 35.1 Å². The van der Waals surface area contributed by atoms with Crippen molar-refractivity contribution in [3.05, 3.63) is 57.5 Å². The summed E-state index contributed by atoms with van der Waals surface area (Å²) in [4.78, 5) is 25.3. The molecule has 162 valence electrons. The monoisotopic (exact) mass is 439 g/mol. The van der Waals surface area contributed by atoms with Crippen molar-refractivity contribution >= 4 is 33.2 Å². The molecule has 1 amide bonds. The molecule has 0 radical (unpaired) electrons. The molecule has 0 aliphatic rings.